The molecule has 1 heterocycles. The van der Waals surface area contributed by atoms with Crippen LogP contribution in [0.5, 0.6) is 0 Å². The second kappa shape index (κ2) is 6.82. The molecule has 2 aromatic rings. The van der Waals surface area contributed by atoms with Crippen molar-refractivity contribution in [3.05, 3.63) is 54.6 Å². The van der Waals surface area contributed by atoms with Crippen LogP contribution in [0.3, 0.4) is 0 Å². The Hall–Kier alpha value is -1.80. The molecule has 94 valence electrons. The zero-order chi connectivity index (χ0) is 12.6. The average Bonchev–Trinajstić information content (AvgIpc) is 3.00. The summed E-state index contributed by atoms with van der Waals surface area (Å²) in [5, 5.41) is 0. The maximum atomic E-state index is 5.60. The molecule has 1 aliphatic rings. The molecular weight excluding hydrogens is 222 g/mol. The summed E-state index contributed by atoms with van der Waals surface area (Å²) in [6.07, 6.45) is 2.56. The number of rotatable bonds is 1. The monoisotopic (exact) mass is 241 g/mol. The van der Waals surface area contributed by atoms with Gasteiger partial charge in [0.15, 0.2) is 0 Å². The number of nitrogen functional groups attached to an aromatic ring is 1. The quantitative estimate of drug-likeness (QED) is 0.772. The molecule has 0 unspecified atom stereocenters. The molecule has 0 amide bonds. The highest BCUT2D eigenvalue weighted by atomic mass is 16.5. The van der Waals surface area contributed by atoms with Crippen LogP contribution >= 0.6 is 0 Å². The van der Waals surface area contributed by atoms with Crippen LogP contribution in [0.4, 0.5) is 5.69 Å². The largest absolute Gasteiger partial charge is 0.399 e. The molecule has 0 atom stereocenters. The summed E-state index contributed by atoms with van der Waals surface area (Å²) < 4.78 is 4.94. The Labute approximate surface area is 108 Å². The van der Waals surface area contributed by atoms with E-state index in [1.54, 1.807) is 0 Å². The fourth-order valence-electron chi connectivity index (χ4n) is 1.82. The second-order valence-electron chi connectivity index (χ2n) is 4.31. The van der Waals surface area contributed by atoms with Crippen LogP contribution in [0.2, 0.25) is 0 Å². The van der Waals surface area contributed by atoms with E-state index in [-0.39, 0.29) is 0 Å². The first-order valence-corrected chi connectivity index (χ1v) is 6.35. The van der Waals surface area contributed by atoms with Gasteiger partial charge in [-0.25, -0.2) is 0 Å². The highest BCUT2D eigenvalue weighted by molar-refractivity contribution is 5.65. The molecule has 0 radical (unpaired) electrons. The molecule has 18 heavy (non-hydrogen) atoms. The van der Waals surface area contributed by atoms with Crippen LogP contribution in [0.15, 0.2) is 54.6 Å². The summed E-state index contributed by atoms with van der Waals surface area (Å²) >= 11 is 0. The number of nitrogens with two attached hydrogens (primary N) is 1. The van der Waals surface area contributed by atoms with E-state index in [1.807, 2.05) is 42.5 Å². The normalized spacial score (nSPS) is 13.8. The smallest absolute Gasteiger partial charge is 0.0466 e. The van der Waals surface area contributed by atoms with Gasteiger partial charge >= 0.3 is 0 Å². The lowest BCUT2D eigenvalue weighted by molar-refractivity contribution is 0.198. The number of ether oxygens (including phenoxy) is 1. The van der Waals surface area contributed by atoms with Crippen LogP contribution in [-0.2, 0) is 4.74 Å². The molecule has 1 fully saturated rings. The van der Waals surface area contributed by atoms with Gasteiger partial charge in [0.2, 0.25) is 0 Å². The zero-order valence-corrected chi connectivity index (χ0v) is 10.5. The third-order valence-corrected chi connectivity index (χ3v) is 2.85. The topological polar surface area (TPSA) is 35.2 Å². The zero-order valence-electron chi connectivity index (χ0n) is 10.5. The van der Waals surface area contributed by atoms with Gasteiger partial charge in [-0.2, -0.15) is 0 Å². The number of anilines is 1. The van der Waals surface area contributed by atoms with E-state index >= 15 is 0 Å². The van der Waals surface area contributed by atoms with E-state index in [4.69, 9.17) is 10.5 Å². The molecule has 0 spiro atoms. The molecule has 0 bridgehead atoms. The SMILES string of the molecule is C1CCOC1.Nc1ccc(-c2ccccc2)cc1. The first-order chi connectivity index (χ1) is 8.86. The highest BCUT2D eigenvalue weighted by Gasteiger charge is 1.95. The fraction of sp³-hybridized carbons (Fsp3) is 0.250. The van der Waals surface area contributed by atoms with E-state index in [0.717, 1.165) is 18.9 Å². The lowest BCUT2D eigenvalue weighted by atomic mass is 10.1. The molecule has 0 aliphatic carbocycles. The van der Waals surface area contributed by atoms with Crippen molar-refractivity contribution in [3.63, 3.8) is 0 Å². The van der Waals surface area contributed by atoms with E-state index < -0.39 is 0 Å². The van der Waals surface area contributed by atoms with Gasteiger partial charge in [-0.05, 0) is 36.1 Å². The van der Waals surface area contributed by atoms with Crippen molar-refractivity contribution in [2.24, 2.45) is 0 Å². The predicted octanol–water partition coefficient (Wildman–Crippen LogP) is 3.73. The highest BCUT2D eigenvalue weighted by Crippen LogP contribution is 2.19. The lowest BCUT2D eigenvalue weighted by Crippen LogP contribution is -1.83. The summed E-state index contributed by atoms with van der Waals surface area (Å²) in [5.74, 6) is 0. The van der Waals surface area contributed by atoms with Crippen molar-refractivity contribution in [3.8, 4) is 11.1 Å². The van der Waals surface area contributed by atoms with Gasteiger partial charge in [0.05, 0.1) is 0 Å². The van der Waals surface area contributed by atoms with E-state index in [0.29, 0.717) is 0 Å². The van der Waals surface area contributed by atoms with Gasteiger partial charge in [-0.3, -0.25) is 0 Å². The summed E-state index contributed by atoms with van der Waals surface area (Å²) in [6, 6.07) is 18.2. The average molecular weight is 241 g/mol. The standard InChI is InChI=1S/C12H11N.C4H8O/c13-12-8-6-11(7-9-12)10-4-2-1-3-5-10;1-2-4-5-3-1/h1-9H,13H2;1-4H2. The first kappa shape index (κ1) is 12.7. The number of hydrogen-bond donors (Lipinski definition) is 1. The van der Waals surface area contributed by atoms with Crippen LogP contribution in [0.25, 0.3) is 11.1 Å². The molecule has 0 aromatic heterocycles. The van der Waals surface area contributed by atoms with Gasteiger partial charge in [-0.15, -0.1) is 0 Å². The predicted molar refractivity (Wildman–Crippen MR) is 76.3 cm³/mol. The van der Waals surface area contributed by atoms with Crippen molar-refractivity contribution in [2.75, 3.05) is 18.9 Å². The summed E-state index contributed by atoms with van der Waals surface area (Å²) in [6.45, 7) is 2.00. The van der Waals surface area contributed by atoms with Crippen molar-refractivity contribution >= 4 is 5.69 Å². The molecule has 2 aromatic carbocycles. The second-order valence-corrected chi connectivity index (χ2v) is 4.31. The van der Waals surface area contributed by atoms with Crippen LogP contribution in [0.1, 0.15) is 12.8 Å². The molecule has 0 saturated carbocycles. The Morgan fingerprint density at radius 2 is 1.28 bits per heavy atom. The molecule has 2 nitrogen and oxygen atoms in total. The molecule has 2 N–H and O–H groups in total. The summed E-state index contributed by atoms with van der Waals surface area (Å²) in [4.78, 5) is 0. The van der Waals surface area contributed by atoms with Gasteiger partial charge < -0.3 is 10.5 Å². The Morgan fingerprint density at radius 1 is 0.722 bits per heavy atom. The molecule has 2 heteroatoms. The number of benzene rings is 2. The Balaban J connectivity index is 0.000000202. The Morgan fingerprint density at radius 3 is 1.78 bits per heavy atom. The number of hydrogen-bond acceptors (Lipinski definition) is 2. The fourth-order valence-corrected chi connectivity index (χ4v) is 1.82. The van der Waals surface area contributed by atoms with Gasteiger partial charge in [0.25, 0.3) is 0 Å². The van der Waals surface area contributed by atoms with Crippen LogP contribution in [-0.4, -0.2) is 13.2 Å². The third-order valence-electron chi connectivity index (χ3n) is 2.85. The third kappa shape index (κ3) is 3.90. The molecular formula is C16H19NO. The van der Waals surface area contributed by atoms with Crippen LogP contribution in [0, 0.1) is 0 Å². The Kier molecular flexibility index (Phi) is 4.79. The molecule has 1 aliphatic heterocycles. The van der Waals surface area contributed by atoms with Gasteiger partial charge in [-0.1, -0.05) is 42.5 Å². The minimum atomic E-state index is 0.805. The Bertz CT molecular complexity index is 439. The first-order valence-electron chi connectivity index (χ1n) is 6.35. The van der Waals surface area contributed by atoms with E-state index in [2.05, 4.69) is 12.1 Å². The van der Waals surface area contributed by atoms with Crippen molar-refractivity contribution in [1.82, 2.24) is 0 Å². The minimum Gasteiger partial charge on any atom is -0.399 e. The summed E-state index contributed by atoms with van der Waals surface area (Å²) in [5.41, 5.74) is 8.84. The lowest BCUT2D eigenvalue weighted by Gasteiger charge is -2.00. The van der Waals surface area contributed by atoms with Gasteiger partial charge in [0, 0.05) is 18.9 Å². The van der Waals surface area contributed by atoms with Crippen molar-refractivity contribution < 1.29 is 4.74 Å². The van der Waals surface area contributed by atoms with Crippen LogP contribution < -0.4 is 5.73 Å². The van der Waals surface area contributed by atoms with Crippen molar-refractivity contribution in [2.45, 2.75) is 12.8 Å². The van der Waals surface area contributed by atoms with Gasteiger partial charge in [0.1, 0.15) is 0 Å². The maximum Gasteiger partial charge on any atom is 0.0466 e. The maximum absolute atomic E-state index is 5.60. The van der Waals surface area contributed by atoms with E-state index in [9.17, 15) is 0 Å². The van der Waals surface area contributed by atoms with Crippen molar-refractivity contribution in [1.29, 1.82) is 0 Å². The molecule has 3 rings (SSSR count). The van der Waals surface area contributed by atoms with E-state index in [1.165, 1.54) is 24.0 Å². The minimum absolute atomic E-state index is 0.805. The summed E-state index contributed by atoms with van der Waals surface area (Å²) in [7, 11) is 0. The molecule has 1 saturated heterocycles.